The molecule has 0 amide bonds. The van der Waals surface area contributed by atoms with Crippen molar-refractivity contribution in [2.75, 3.05) is 0 Å². The van der Waals surface area contributed by atoms with E-state index in [1.165, 1.54) is 4.68 Å². The normalized spacial score (nSPS) is 11.4. The molecule has 9 heteroatoms. The van der Waals surface area contributed by atoms with Gasteiger partial charge in [0.15, 0.2) is 17.2 Å². The first-order valence-electron chi connectivity index (χ1n) is 8.02. The molecule has 0 radical (unpaired) electrons. The van der Waals surface area contributed by atoms with E-state index in [4.69, 9.17) is 6.57 Å². The van der Waals surface area contributed by atoms with Gasteiger partial charge in [0.1, 0.15) is 6.07 Å². The van der Waals surface area contributed by atoms with Crippen LogP contribution in [0.25, 0.3) is 10.5 Å². The number of aromatic hydroxyl groups is 1. The van der Waals surface area contributed by atoms with Gasteiger partial charge in [-0.2, -0.15) is 20.1 Å². The lowest BCUT2D eigenvalue weighted by Gasteiger charge is -2.15. The summed E-state index contributed by atoms with van der Waals surface area (Å²) in [7, 11) is 0. The molecule has 0 saturated heterocycles. The van der Waals surface area contributed by atoms with E-state index in [-0.39, 0.29) is 34.2 Å². The summed E-state index contributed by atoms with van der Waals surface area (Å²) in [6.07, 6.45) is 0. The highest BCUT2D eigenvalue weighted by molar-refractivity contribution is 5.67. The Morgan fingerprint density at radius 2 is 1.96 bits per heavy atom. The molecule has 0 atom stereocenters. The number of para-hydroxylation sites is 1. The zero-order chi connectivity index (χ0) is 19.6. The van der Waals surface area contributed by atoms with Crippen LogP contribution >= 0.6 is 0 Å². The highest BCUT2D eigenvalue weighted by atomic mass is 16.3. The first-order valence-corrected chi connectivity index (χ1v) is 8.02. The number of benzene rings is 1. The number of nitrogens with zero attached hydrogens (tertiary/aromatic N) is 7. The van der Waals surface area contributed by atoms with Gasteiger partial charge in [-0.25, -0.2) is 4.85 Å². The lowest BCUT2D eigenvalue weighted by Crippen LogP contribution is -2.11. The number of hydrogen-bond donors (Lipinski definition) is 2. The van der Waals surface area contributed by atoms with E-state index in [9.17, 15) is 10.4 Å². The number of rotatable bonds is 3. The Morgan fingerprint density at radius 3 is 2.56 bits per heavy atom. The van der Waals surface area contributed by atoms with Crippen molar-refractivity contribution >= 4 is 17.2 Å². The Hall–Kier alpha value is -3.98. The third-order valence-corrected chi connectivity index (χ3v) is 3.74. The van der Waals surface area contributed by atoms with Crippen molar-refractivity contribution in [3.63, 3.8) is 0 Å². The van der Waals surface area contributed by atoms with Crippen molar-refractivity contribution in [2.45, 2.75) is 26.2 Å². The van der Waals surface area contributed by atoms with Crippen LogP contribution in [0.2, 0.25) is 0 Å². The van der Waals surface area contributed by atoms with E-state index in [0.717, 1.165) is 0 Å². The van der Waals surface area contributed by atoms with Crippen molar-refractivity contribution in [1.29, 1.82) is 5.26 Å². The smallest absolute Gasteiger partial charge is 0.255 e. The van der Waals surface area contributed by atoms with Gasteiger partial charge in [-0.05, 0) is 17.5 Å². The van der Waals surface area contributed by atoms with Gasteiger partial charge in [0.25, 0.3) is 5.69 Å². The Morgan fingerprint density at radius 1 is 1.26 bits per heavy atom. The second-order valence-electron chi connectivity index (χ2n) is 6.71. The summed E-state index contributed by atoms with van der Waals surface area (Å²) in [5, 5.41) is 38.6. The van der Waals surface area contributed by atoms with Crippen LogP contribution in [-0.2, 0) is 5.41 Å². The maximum absolute atomic E-state index is 10.4. The monoisotopic (exact) mass is 360 g/mol. The molecule has 0 spiro atoms. The summed E-state index contributed by atoms with van der Waals surface area (Å²) in [4.78, 5) is 3.48. The van der Waals surface area contributed by atoms with Crippen LogP contribution in [0.5, 0.6) is 5.88 Å². The van der Waals surface area contributed by atoms with Gasteiger partial charge in [0.05, 0.1) is 18.0 Å². The van der Waals surface area contributed by atoms with Gasteiger partial charge >= 0.3 is 0 Å². The average Bonchev–Trinajstić information content (AvgIpc) is 3.21. The van der Waals surface area contributed by atoms with Crippen LogP contribution in [-0.4, -0.2) is 25.1 Å². The van der Waals surface area contributed by atoms with E-state index in [1.54, 1.807) is 24.3 Å². The molecule has 2 heterocycles. The predicted molar refractivity (Wildman–Crippen MR) is 97.7 cm³/mol. The molecule has 3 rings (SSSR count). The molecule has 2 aromatic heterocycles. The highest BCUT2D eigenvalue weighted by Gasteiger charge is 2.25. The minimum atomic E-state index is -0.345. The second-order valence-corrected chi connectivity index (χ2v) is 6.71. The Labute approximate surface area is 155 Å². The van der Waals surface area contributed by atoms with E-state index in [2.05, 4.69) is 30.4 Å². The SMILES string of the molecule is [C-]#[N+]c1c(C(C)(C)C)n[nH]c1/N=N/c1c(C#N)nn(-c2ccccc2)c1O. The van der Waals surface area contributed by atoms with E-state index >= 15 is 0 Å². The molecule has 0 unspecified atom stereocenters. The Kier molecular flexibility index (Phi) is 4.44. The van der Waals surface area contributed by atoms with Crippen molar-refractivity contribution in [1.82, 2.24) is 20.0 Å². The van der Waals surface area contributed by atoms with Crippen LogP contribution in [0.4, 0.5) is 17.2 Å². The molecule has 27 heavy (non-hydrogen) atoms. The van der Waals surface area contributed by atoms with Gasteiger partial charge in [0.2, 0.25) is 5.88 Å². The summed E-state index contributed by atoms with van der Waals surface area (Å²) >= 11 is 0. The molecule has 0 aliphatic rings. The number of aromatic nitrogens is 4. The number of H-pyrrole nitrogens is 1. The number of aromatic amines is 1. The van der Waals surface area contributed by atoms with Crippen molar-refractivity contribution in [3.05, 3.63) is 53.1 Å². The zero-order valence-corrected chi connectivity index (χ0v) is 15.0. The summed E-state index contributed by atoms with van der Waals surface area (Å²) in [5.74, 6) is -0.160. The number of hydrogen-bond acceptors (Lipinski definition) is 6. The lowest BCUT2D eigenvalue weighted by atomic mass is 9.91. The van der Waals surface area contributed by atoms with Gasteiger partial charge < -0.3 is 5.11 Å². The predicted octanol–water partition coefficient (Wildman–Crippen LogP) is 4.44. The molecule has 0 aliphatic carbocycles. The lowest BCUT2D eigenvalue weighted by molar-refractivity contribution is 0.434. The largest absolute Gasteiger partial charge is 0.492 e. The fourth-order valence-electron chi connectivity index (χ4n) is 2.44. The molecular formula is C18H16N8O. The fraction of sp³-hybridized carbons (Fsp3) is 0.222. The summed E-state index contributed by atoms with van der Waals surface area (Å²) in [6.45, 7) is 13.2. The molecule has 1 aromatic carbocycles. The Bertz CT molecular complexity index is 1090. The number of nitrogens with one attached hydrogen (secondary N) is 1. The standard InChI is InChI=1S/C18H16N8O/c1-18(2,3)15-14(20-4)16(24-22-15)23-21-13-12(10-19)25-26(17(13)27)11-8-6-5-7-9-11/h5-9,27H,1-3H3,(H,22,24)/b23-21+. The van der Waals surface area contributed by atoms with Crippen LogP contribution in [0, 0.1) is 17.9 Å². The molecule has 0 saturated carbocycles. The summed E-state index contributed by atoms with van der Waals surface area (Å²) in [6, 6.07) is 10.7. The van der Waals surface area contributed by atoms with Crippen LogP contribution in [0.15, 0.2) is 40.6 Å². The summed E-state index contributed by atoms with van der Waals surface area (Å²) in [5.41, 5.74) is 0.883. The zero-order valence-electron chi connectivity index (χ0n) is 15.0. The molecule has 9 nitrogen and oxygen atoms in total. The maximum Gasteiger partial charge on any atom is 0.255 e. The van der Waals surface area contributed by atoms with Crippen molar-refractivity contribution in [3.8, 4) is 17.6 Å². The first-order chi connectivity index (χ1) is 12.9. The second kappa shape index (κ2) is 6.73. The molecule has 0 fully saturated rings. The van der Waals surface area contributed by atoms with E-state index < -0.39 is 0 Å². The topological polar surface area (TPSA) is 120 Å². The molecule has 0 bridgehead atoms. The highest BCUT2D eigenvalue weighted by Crippen LogP contribution is 2.39. The van der Waals surface area contributed by atoms with Crippen molar-refractivity contribution in [2.24, 2.45) is 10.2 Å². The van der Waals surface area contributed by atoms with Crippen molar-refractivity contribution < 1.29 is 5.11 Å². The quantitative estimate of drug-likeness (QED) is 0.530. The molecular weight excluding hydrogens is 344 g/mol. The minimum Gasteiger partial charge on any atom is -0.492 e. The average molecular weight is 360 g/mol. The number of azo groups is 1. The number of nitriles is 1. The third-order valence-electron chi connectivity index (χ3n) is 3.74. The summed E-state index contributed by atoms with van der Waals surface area (Å²) < 4.78 is 1.20. The molecule has 3 aromatic rings. The first kappa shape index (κ1) is 17.8. The van der Waals surface area contributed by atoms with Gasteiger partial charge in [0, 0.05) is 0 Å². The molecule has 2 N–H and O–H groups in total. The van der Waals surface area contributed by atoms with Gasteiger partial charge in [-0.1, -0.05) is 39.0 Å². The van der Waals surface area contributed by atoms with Gasteiger partial charge in [-0.3, -0.25) is 5.10 Å². The Balaban J connectivity index is 2.05. The minimum absolute atomic E-state index is 0.0795. The van der Waals surface area contributed by atoms with E-state index in [1.807, 2.05) is 32.9 Å². The third kappa shape index (κ3) is 3.26. The van der Waals surface area contributed by atoms with E-state index in [0.29, 0.717) is 11.4 Å². The molecule has 134 valence electrons. The maximum atomic E-state index is 10.4. The van der Waals surface area contributed by atoms with Crippen LogP contribution in [0.1, 0.15) is 32.2 Å². The van der Waals surface area contributed by atoms with Crippen LogP contribution in [0.3, 0.4) is 0 Å². The van der Waals surface area contributed by atoms with Crippen LogP contribution < -0.4 is 0 Å². The molecule has 0 aliphatic heterocycles. The fourth-order valence-corrected chi connectivity index (χ4v) is 2.44. The van der Waals surface area contributed by atoms with Gasteiger partial charge in [-0.15, -0.1) is 10.2 Å².